The molecule has 1 N–H and O–H groups in total. The van der Waals surface area contributed by atoms with Crippen LogP contribution in [0.15, 0.2) is 4.99 Å². The molecule has 0 bridgehead atoms. The molecule has 3 fully saturated rings. The first kappa shape index (κ1) is 21.2. The van der Waals surface area contributed by atoms with Crippen molar-refractivity contribution in [2.75, 3.05) is 59.0 Å². The first-order valence-corrected chi connectivity index (χ1v) is 9.79. The molecule has 6 nitrogen and oxygen atoms in total. The predicted molar refractivity (Wildman–Crippen MR) is 112 cm³/mol. The van der Waals surface area contributed by atoms with Crippen molar-refractivity contribution in [2.45, 2.75) is 45.3 Å². The van der Waals surface area contributed by atoms with Crippen molar-refractivity contribution in [1.29, 1.82) is 0 Å². The van der Waals surface area contributed by atoms with E-state index in [1.165, 1.54) is 19.5 Å². The summed E-state index contributed by atoms with van der Waals surface area (Å²) in [5.41, 5.74) is 0. The number of nitrogens with zero attached hydrogens (tertiary/aromatic N) is 3. The van der Waals surface area contributed by atoms with E-state index in [4.69, 9.17) is 14.5 Å². The van der Waals surface area contributed by atoms with Crippen LogP contribution in [0.4, 0.5) is 0 Å². The van der Waals surface area contributed by atoms with Crippen LogP contribution in [0.3, 0.4) is 0 Å². The number of aliphatic imine (C=N–C) groups is 1. The first-order valence-electron chi connectivity index (χ1n) is 9.79. The Bertz CT molecular complexity index is 418. The number of nitrogens with one attached hydrogen (secondary N) is 1. The standard InChI is InChI=1S/C18H34N4O2.HI/c1-3-19-18(20-12-15-7-8-21(4-2)13-15)22-9-11-24-17(14-22)16-6-5-10-23-16;/h15-17H,3-14H2,1-2H3,(H,19,20);1H. The molecule has 25 heavy (non-hydrogen) atoms. The van der Waals surface area contributed by atoms with E-state index in [0.717, 1.165) is 64.7 Å². The van der Waals surface area contributed by atoms with Crippen LogP contribution in [0.25, 0.3) is 0 Å². The van der Waals surface area contributed by atoms with Crippen LogP contribution < -0.4 is 5.32 Å². The Morgan fingerprint density at radius 2 is 1.92 bits per heavy atom. The number of rotatable bonds is 5. The van der Waals surface area contributed by atoms with E-state index in [2.05, 4.69) is 29.0 Å². The van der Waals surface area contributed by atoms with Crippen molar-refractivity contribution in [3.05, 3.63) is 0 Å². The number of hydrogen-bond acceptors (Lipinski definition) is 4. The van der Waals surface area contributed by atoms with Crippen LogP contribution in [0.2, 0.25) is 0 Å². The Kier molecular flexibility index (Phi) is 9.23. The van der Waals surface area contributed by atoms with E-state index in [1.807, 2.05) is 0 Å². The average molecular weight is 466 g/mol. The van der Waals surface area contributed by atoms with E-state index < -0.39 is 0 Å². The lowest BCUT2D eigenvalue weighted by molar-refractivity contribution is -0.0817. The molecule has 0 amide bonds. The van der Waals surface area contributed by atoms with Gasteiger partial charge in [-0.25, -0.2) is 0 Å². The number of morpholine rings is 1. The molecular formula is C18H35IN4O2. The second-order valence-corrected chi connectivity index (χ2v) is 7.15. The molecule has 3 heterocycles. The zero-order valence-corrected chi connectivity index (χ0v) is 18.1. The van der Waals surface area contributed by atoms with Gasteiger partial charge in [0, 0.05) is 39.3 Å². The summed E-state index contributed by atoms with van der Waals surface area (Å²) in [6, 6.07) is 0. The van der Waals surface area contributed by atoms with Crippen LogP contribution in [0, 0.1) is 5.92 Å². The maximum Gasteiger partial charge on any atom is 0.194 e. The van der Waals surface area contributed by atoms with Crippen molar-refractivity contribution in [2.24, 2.45) is 10.9 Å². The highest BCUT2D eigenvalue weighted by Gasteiger charge is 2.32. The molecular weight excluding hydrogens is 431 g/mol. The summed E-state index contributed by atoms with van der Waals surface area (Å²) in [5, 5.41) is 3.48. The van der Waals surface area contributed by atoms with Gasteiger partial charge in [0.15, 0.2) is 5.96 Å². The summed E-state index contributed by atoms with van der Waals surface area (Å²) in [6.07, 6.45) is 4.02. The Labute approximate surface area is 169 Å². The van der Waals surface area contributed by atoms with Gasteiger partial charge in [0.2, 0.25) is 0 Å². The molecule has 0 aromatic carbocycles. The largest absolute Gasteiger partial charge is 0.375 e. The normalized spacial score (nSPS) is 31.2. The van der Waals surface area contributed by atoms with Crippen molar-refractivity contribution >= 4 is 29.9 Å². The lowest BCUT2D eigenvalue weighted by atomic mass is 10.1. The summed E-state index contributed by atoms with van der Waals surface area (Å²) in [4.78, 5) is 9.85. The van der Waals surface area contributed by atoms with Crippen molar-refractivity contribution in [3.63, 3.8) is 0 Å². The smallest absolute Gasteiger partial charge is 0.194 e. The maximum absolute atomic E-state index is 5.97. The van der Waals surface area contributed by atoms with Crippen molar-refractivity contribution in [3.8, 4) is 0 Å². The summed E-state index contributed by atoms with van der Waals surface area (Å²) in [6.45, 7) is 13.3. The van der Waals surface area contributed by atoms with Crippen molar-refractivity contribution < 1.29 is 9.47 Å². The minimum absolute atomic E-state index is 0. The van der Waals surface area contributed by atoms with Gasteiger partial charge in [-0.05, 0) is 45.2 Å². The molecule has 146 valence electrons. The van der Waals surface area contributed by atoms with Gasteiger partial charge in [0.25, 0.3) is 0 Å². The van der Waals surface area contributed by atoms with Gasteiger partial charge in [-0.3, -0.25) is 4.99 Å². The van der Waals surface area contributed by atoms with Crippen LogP contribution in [0.5, 0.6) is 0 Å². The lowest BCUT2D eigenvalue weighted by Gasteiger charge is -2.37. The van der Waals surface area contributed by atoms with Crippen molar-refractivity contribution in [1.82, 2.24) is 15.1 Å². The fourth-order valence-electron chi connectivity index (χ4n) is 3.98. The van der Waals surface area contributed by atoms with Gasteiger partial charge < -0.3 is 24.6 Å². The van der Waals surface area contributed by atoms with Crippen LogP contribution in [0.1, 0.15) is 33.1 Å². The molecule has 3 rings (SSSR count). The maximum atomic E-state index is 5.97. The van der Waals surface area contributed by atoms with Gasteiger partial charge >= 0.3 is 0 Å². The third-order valence-corrected chi connectivity index (χ3v) is 5.42. The van der Waals surface area contributed by atoms with E-state index >= 15 is 0 Å². The van der Waals surface area contributed by atoms with Crippen LogP contribution in [-0.4, -0.2) is 87.0 Å². The average Bonchev–Trinajstić information content (AvgIpc) is 3.30. The quantitative estimate of drug-likeness (QED) is 0.381. The third kappa shape index (κ3) is 5.94. The van der Waals surface area contributed by atoms with Gasteiger partial charge in [0.1, 0.15) is 6.10 Å². The number of likely N-dealkylation sites (tertiary alicyclic amines) is 1. The Morgan fingerprint density at radius 1 is 1.08 bits per heavy atom. The minimum Gasteiger partial charge on any atom is -0.375 e. The van der Waals surface area contributed by atoms with E-state index in [9.17, 15) is 0 Å². The van der Waals surface area contributed by atoms with Gasteiger partial charge in [-0.1, -0.05) is 6.92 Å². The Hall–Kier alpha value is -0.120. The molecule has 0 aliphatic carbocycles. The summed E-state index contributed by atoms with van der Waals surface area (Å²) in [7, 11) is 0. The zero-order valence-electron chi connectivity index (χ0n) is 15.8. The van der Waals surface area contributed by atoms with Gasteiger partial charge in [0.05, 0.1) is 12.7 Å². The summed E-state index contributed by atoms with van der Waals surface area (Å²) in [5.74, 6) is 1.76. The molecule has 3 unspecified atom stereocenters. The van der Waals surface area contributed by atoms with Gasteiger partial charge in [-0.15, -0.1) is 24.0 Å². The topological polar surface area (TPSA) is 49.3 Å². The highest BCUT2D eigenvalue weighted by atomic mass is 127. The Balaban J connectivity index is 0.00000225. The molecule has 0 aromatic rings. The van der Waals surface area contributed by atoms with E-state index in [1.54, 1.807) is 0 Å². The monoisotopic (exact) mass is 466 g/mol. The lowest BCUT2D eigenvalue weighted by Crippen LogP contribution is -2.53. The number of guanidine groups is 1. The number of hydrogen-bond donors (Lipinski definition) is 1. The second kappa shape index (κ2) is 10.9. The highest BCUT2D eigenvalue weighted by Crippen LogP contribution is 2.21. The fourth-order valence-corrected chi connectivity index (χ4v) is 3.98. The summed E-state index contributed by atoms with van der Waals surface area (Å²) >= 11 is 0. The molecule has 0 aromatic heterocycles. The highest BCUT2D eigenvalue weighted by molar-refractivity contribution is 14.0. The fraction of sp³-hybridized carbons (Fsp3) is 0.944. The molecule has 0 saturated carbocycles. The third-order valence-electron chi connectivity index (χ3n) is 5.42. The van der Waals surface area contributed by atoms with E-state index in [0.29, 0.717) is 5.92 Å². The first-order chi connectivity index (χ1) is 11.8. The SMILES string of the molecule is CCNC(=NCC1CCN(CC)C1)N1CCOC(C2CCCO2)C1.I. The van der Waals surface area contributed by atoms with Gasteiger partial charge in [-0.2, -0.15) is 0 Å². The molecule has 3 aliphatic heterocycles. The molecule has 3 aliphatic rings. The Morgan fingerprint density at radius 3 is 2.60 bits per heavy atom. The predicted octanol–water partition coefficient (Wildman–Crippen LogP) is 1.79. The molecule has 3 saturated heterocycles. The molecule has 0 radical (unpaired) electrons. The minimum atomic E-state index is 0. The number of halogens is 1. The summed E-state index contributed by atoms with van der Waals surface area (Å²) < 4.78 is 11.8. The van der Waals surface area contributed by atoms with Crippen LogP contribution in [-0.2, 0) is 9.47 Å². The zero-order chi connectivity index (χ0) is 16.8. The van der Waals surface area contributed by atoms with Crippen LogP contribution >= 0.6 is 24.0 Å². The molecule has 7 heteroatoms. The molecule has 3 atom stereocenters. The number of ether oxygens (including phenoxy) is 2. The second-order valence-electron chi connectivity index (χ2n) is 7.15. The molecule has 0 spiro atoms. The van der Waals surface area contributed by atoms with E-state index in [-0.39, 0.29) is 36.2 Å².